The molecule has 0 radical (unpaired) electrons. The third kappa shape index (κ3) is 3.91. The Morgan fingerprint density at radius 1 is 1.16 bits per heavy atom. The Hall–Kier alpha value is -2.60. The van der Waals surface area contributed by atoms with E-state index in [9.17, 15) is 0 Å². The summed E-state index contributed by atoms with van der Waals surface area (Å²) >= 11 is 0. The van der Waals surface area contributed by atoms with Crippen LogP contribution < -0.4 is 11.1 Å². The number of nitrogens with one attached hydrogen (secondary N) is 2. The van der Waals surface area contributed by atoms with E-state index in [1.807, 2.05) is 24.5 Å². The summed E-state index contributed by atoms with van der Waals surface area (Å²) in [6, 6.07) is 10.9. The Morgan fingerprint density at radius 2 is 2.12 bits per heavy atom. The van der Waals surface area contributed by atoms with Crippen molar-refractivity contribution in [2.75, 3.05) is 24.1 Å². The molecule has 1 atom stereocenters. The fourth-order valence-corrected chi connectivity index (χ4v) is 3.53. The first-order valence-corrected chi connectivity index (χ1v) is 8.89. The summed E-state index contributed by atoms with van der Waals surface area (Å²) in [6.45, 7) is 3.23. The summed E-state index contributed by atoms with van der Waals surface area (Å²) in [6.07, 6.45) is 7.20. The van der Waals surface area contributed by atoms with Crippen molar-refractivity contribution in [3.63, 3.8) is 0 Å². The van der Waals surface area contributed by atoms with E-state index in [1.54, 1.807) is 0 Å². The molecule has 0 saturated carbocycles. The lowest BCUT2D eigenvalue weighted by Crippen LogP contribution is -2.26. The lowest BCUT2D eigenvalue weighted by Gasteiger charge is -2.21. The number of anilines is 2. The topological polar surface area (TPSA) is 82.9 Å². The second-order valence-electron chi connectivity index (χ2n) is 6.81. The van der Waals surface area contributed by atoms with Crippen LogP contribution in [0.15, 0.2) is 42.7 Å². The van der Waals surface area contributed by atoms with E-state index in [-0.39, 0.29) is 0 Å². The van der Waals surface area contributed by atoms with Gasteiger partial charge in [-0.3, -0.25) is 10.00 Å². The Bertz CT molecular complexity index is 825. The van der Waals surface area contributed by atoms with E-state index in [4.69, 9.17) is 5.73 Å². The molecule has 6 heteroatoms. The molecule has 25 heavy (non-hydrogen) atoms. The van der Waals surface area contributed by atoms with E-state index < -0.39 is 0 Å². The van der Waals surface area contributed by atoms with E-state index >= 15 is 0 Å². The number of pyridine rings is 1. The summed E-state index contributed by atoms with van der Waals surface area (Å²) in [5.41, 5.74) is 9.16. The molecular formula is C19H24N6. The fourth-order valence-electron chi connectivity index (χ4n) is 3.53. The summed E-state index contributed by atoms with van der Waals surface area (Å²) in [5.74, 6) is 0.562. The van der Waals surface area contributed by atoms with Gasteiger partial charge in [-0.1, -0.05) is 12.1 Å². The minimum atomic E-state index is 0.491. The number of rotatable bonds is 4. The van der Waals surface area contributed by atoms with Gasteiger partial charge in [-0.15, -0.1) is 0 Å². The second kappa shape index (κ2) is 7.11. The molecule has 3 heterocycles. The molecule has 1 fully saturated rings. The number of aromatic nitrogens is 3. The van der Waals surface area contributed by atoms with Crippen molar-refractivity contribution in [3.8, 4) is 0 Å². The Kier molecular flexibility index (Phi) is 4.52. The number of benzene rings is 1. The summed E-state index contributed by atoms with van der Waals surface area (Å²) < 4.78 is 0. The molecule has 0 spiro atoms. The largest absolute Gasteiger partial charge is 0.384 e. The average Bonchev–Trinajstić information content (AvgIpc) is 2.98. The van der Waals surface area contributed by atoms with Gasteiger partial charge in [0.2, 0.25) is 0 Å². The van der Waals surface area contributed by atoms with Crippen molar-refractivity contribution < 1.29 is 0 Å². The highest BCUT2D eigenvalue weighted by molar-refractivity contribution is 5.78. The van der Waals surface area contributed by atoms with Gasteiger partial charge in [-0.2, -0.15) is 5.10 Å². The van der Waals surface area contributed by atoms with Gasteiger partial charge in [0.15, 0.2) is 0 Å². The zero-order valence-corrected chi connectivity index (χ0v) is 14.3. The first-order valence-electron chi connectivity index (χ1n) is 8.89. The molecule has 3 aromatic rings. The molecule has 1 saturated heterocycles. The molecule has 0 unspecified atom stereocenters. The number of hydrogen-bond donors (Lipinski definition) is 3. The van der Waals surface area contributed by atoms with E-state index in [2.05, 4.69) is 43.6 Å². The molecule has 0 aliphatic carbocycles. The molecule has 0 bridgehead atoms. The van der Waals surface area contributed by atoms with Crippen LogP contribution in [0.25, 0.3) is 10.9 Å². The van der Waals surface area contributed by atoms with Crippen molar-refractivity contribution in [1.29, 1.82) is 0 Å². The van der Waals surface area contributed by atoms with Crippen LogP contribution in [-0.2, 0) is 6.54 Å². The summed E-state index contributed by atoms with van der Waals surface area (Å²) in [7, 11) is 0. The first-order chi connectivity index (χ1) is 12.3. The summed E-state index contributed by atoms with van der Waals surface area (Å²) in [5, 5.41) is 11.9. The number of nitrogen functional groups attached to an aromatic ring is 1. The van der Waals surface area contributed by atoms with Gasteiger partial charge in [0.25, 0.3) is 0 Å². The van der Waals surface area contributed by atoms with Gasteiger partial charge < -0.3 is 11.1 Å². The maximum atomic E-state index is 5.65. The number of hydrogen-bond acceptors (Lipinski definition) is 5. The maximum absolute atomic E-state index is 5.65. The third-order valence-electron chi connectivity index (χ3n) is 4.89. The van der Waals surface area contributed by atoms with Crippen LogP contribution in [-0.4, -0.2) is 39.2 Å². The molecule has 1 aliphatic rings. The molecule has 4 N–H and O–H groups in total. The molecule has 6 nitrogen and oxygen atoms in total. The first kappa shape index (κ1) is 15.9. The van der Waals surface area contributed by atoms with Crippen LogP contribution in [0.5, 0.6) is 0 Å². The highest BCUT2D eigenvalue weighted by atomic mass is 15.1. The number of likely N-dealkylation sites (tertiary alicyclic amines) is 1. The Balaban J connectivity index is 1.35. The third-order valence-corrected chi connectivity index (χ3v) is 4.89. The molecule has 4 rings (SSSR count). The minimum absolute atomic E-state index is 0.491. The van der Waals surface area contributed by atoms with Crippen molar-refractivity contribution in [2.45, 2.75) is 31.8 Å². The predicted molar refractivity (Wildman–Crippen MR) is 101 cm³/mol. The number of fused-ring (bicyclic) bond motifs is 1. The number of aromatic amines is 1. The van der Waals surface area contributed by atoms with Gasteiger partial charge in [-0.05, 0) is 49.6 Å². The summed E-state index contributed by atoms with van der Waals surface area (Å²) in [4.78, 5) is 6.70. The number of H-pyrrole nitrogens is 1. The molecule has 1 aromatic carbocycles. The standard InChI is InChI=1S/C19H24N6/c20-19-6-5-17(12-21-19)23-16-2-1-8-25(9-7-16)13-14-3-4-15-11-22-24-18(15)10-14/h3-6,10-12,16,23H,1-2,7-9,13H2,(H2,20,21)(H,22,24)/t16-/m0/s1. The van der Waals surface area contributed by atoms with Crippen LogP contribution in [0.4, 0.5) is 11.5 Å². The van der Waals surface area contributed by atoms with Crippen LogP contribution in [0.1, 0.15) is 24.8 Å². The number of nitrogens with zero attached hydrogens (tertiary/aromatic N) is 3. The highest BCUT2D eigenvalue weighted by Crippen LogP contribution is 2.20. The predicted octanol–water partition coefficient (Wildman–Crippen LogP) is 3.01. The van der Waals surface area contributed by atoms with E-state index in [0.717, 1.165) is 37.3 Å². The van der Waals surface area contributed by atoms with Crippen molar-refractivity contribution in [1.82, 2.24) is 20.1 Å². The van der Waals surface area contributed by atoms with Gasteiger partial charge in [-0.25, -0.2) is 4.98 Å². The van der Waals surface area contributed by atoms with E-state index in [1.165, 1.54) is 23.8 Å². The van der Waals surface area contributed by atoms with Crippen LogP contribution in [0.3, 0.4) is 0 Å². The maximum Gasteiger partial charge on any atom is 0.123 e. The monoisotopic (exact) mass is 336 g/mol. The van der Waals surface area contributed by atoms with Crippen LogP contribution in [0, 0.1) is 0 Å². The molecule has 130 valence electrons. The van der Waals surface area contributed by atoms with Gasteiger partial charge in [0, 0.05) is 24.5 Å². The lowest BCUT2D eigenvalue weighted by molar-refractivity contribution is 0.276. The Morgan fingerprint density at radius 3 is 3.00 bits per heavy atom. The lowest BCUT2D eigenvalue weighted by atomic mass is 10.1. The molecule has 1 aliphatic heterocycles. The minimum Gasteiger partial charge on any atom is -0.384 e. The van der Waals surface area contributed by atoms with Crippen LogP contribution >= 0.6 is 0 Å². The smallest absolute Gasteiger partial charge is 0.123 e. The quantitative estimate of drug-likeness (QED) is 0.682. The van der Waals surface area contributed by atoms with Crippen molar-refractivity contribution in [3.05, 3.63) is 48.3 Å². The molecule has 0 amide bonds. The number of nitrogens with two attached hydrogens (primary N) is 1. The van der Waals surface area contributed by atoms with Gasteiger partial charge in [0.1, 0.15) is 5.82 Å². The average molecular weight is 336 g/mol. The van der Waals surface area contributed by atoms with Gasteiger partial charge >= 0.3 is 0 Å². The highest BCUT2D eigenvalue weighted by Gasteiger charge is 2.17. The second-order valence-corrected chi connectivity index (χ2v) is 6.81. The SMILES string of the molecule is Nc1ccc(N[C@H]2CCCN(Cc3ccc4cn[nH]c4c3)CC2)cn1. The molecule has 2 aromatic heterocycles. The van der Waals surface area contributed by atoms with E-state index in [0.29, 0.717) is 11.9 Å². The normalized spacial score (nSPS) is 19.0. The van der Waals surface area contributed by atoms with Crippen LogP contribution in [0.2, 0.25) is 0 Å². The molecular weight excluding hydrogens is 312 g/mol. The van der Waals surface area contributed by atoms with Crippen molar-refractivity contribution >= 4 is 22.4 Å². The Labute approximate surface area is 147 Å². The fraction of sp³-hybridized carbons (Fsp3) is 0.368. The zero-order valence-electron chi connectivity index (χ0n) is 14.3. The zero-order chi connectivity index (χ0) is 17.1. The van der Waals surface area contributed by atoms with Crippen molar-refractivity contribution in [2.24, 2.45) is 0 Å². The van der Waals surface area contributed by atoms with Gasteiger partial charge in [0.05, 0.1) is 23.6 Å².